The van der Waals surface area contributed by atoms with Crippen LogP contribution in [0.2, 0.25) is 0 Å². The molecule has 106 valence electrons. The third-order valence-corrected chi connectivity index (χ3v) is 4.96. The Kier molecular flexibility index (Phi) is 5.79. The number of carboxylic acids is 1. The van der Waals surface area contributed by atoms with Crippen molar-refractivity contribution in [1.82, 2.24) is 5.32 Å². The summed E-state index contributed by atoms with van der Waals surface area (Å²) in [6.45, 7) is 4.42. The number of nitrogens with one attached hydrogen (secondary N) is 1. The molecule has 0 saturated heterocycles. The summed E-state index contributed by atoms with van der Waals surface area (Å²) in [6, 6.07) is -1.04. The van der Waals surface area contributed by atoms with E-state index in [1.807, 2.05) is 6.92 Å². The molecule has 0 unspecified atom stereocenters. The van der Waals surface area contributed by atoms with E-state index >= 15 is 0 Å². The van der Waals surface area contributed by atoms with Gasteiger partial charge < -0.3 is 10.4 Å². The van der Waals surface area contributed by atoms with Crippen molar-refractivity contribution in [1.29, 1.82) is 0 Å². The van der Waals surface area contributed by atoms with E-state index in [1.54, 1.807) is 0 Å². The van der Waals surface area contributed by atoms with E-state index in [9.17, 15) is 18.0 Å². The van der Waals surface area contributed by atoms with Crippen molar-refractivity contribution in [2.75, 3.05) is 6.26 Å². The van der Waals surface area contributed by atoms with Gasteiger partial charge in [-0.2, -0.15) is 0 Å². The van der Waals surface area contributed by atoms with Gasteiger partial charge in [0.2, 0.25) is 5.91 Å². The van der Waals surface area contributed by atoms with Gasteiger partial charge in [0.1, 0.15) is 10.8 Å². The number of hydrogen-bond donors (Lipinski definition) is 2. The Morgan fingerprint density at radius 3 is 2.17 bits per heavy atom. The molecule has 0 bridgehead atoms. The standard InChI is InChI=1S/C11H21NO5S/c1-5-6-7-8(9(13)14)12-10(15)11(2,3)18(4,16)17/h8H,5-7H2,1-4H3,(H,12,15)(H,13,14)/t8-/m0/s1. The van der Waals surface area contributed by atoms with Crippen LogP contribution in [0.3, 0.4) is 0 Å². The lowest BCUT2D eigenvalue weighted by atomic mass is 10.1. The summed E-state index contributed by atoms with van der Waals surface area (Å²) in [7, 11) is -3.60. The number of carboxylic acid groups (broad SMARTS) is 1. The summed E-state index contributed by atoms with van der Waals surface area (Å²) < 4.78 is 21.3. The van der Waals surface area contributed by atoms with Crippen molar-refractivity contribution in [2.24, 2.45) is 0 Å². The normalized spacial score (nSPS) is 14.0. The van der Waals surface area contributed by atoms with Crippen LogP contribution in [0.15, 0.2) is 0 Å². The van der Waals surface area contributed by atoms with Crippen LogP contribution in [0.1, 0.15) is 40.0 Å². The van der Waals surface area contributed by atoms with Gasteiger partial charge in [0, 0.05) is 6.26 Å². The predicted molar refractivity (Wildman–Crippen MR) is 68.0 cm³/mol. The molecule has 0 aliphatic carbocycles. The number of hydrogen-bond acceptors (Lipinski definition) is 4. The first kappa shape index (κ1) is 16.9. The fraction of sp³-hybridized carbons (Fsp3) is 0.818. The smallest absolute Gasteiger partial charge is 0.326 e. The lowest BCUT2D eigenvalue weighted by molar-refractivity contribution is -0.142. The number of unbranched alkanes of at least 4 members (excludes halogenated alkanes) is 1. The van der Waals surface area contributed by atoms with Crippen LogP contribution in [0.5, 0.6) is 0 Å². The fourth-order valence-electron chi connectivity index (χ4n) is 1.17. The van der Waals surface area contributed by atoms with Gasteiger partial charge in [-0.25, -0.2) is 13.2 Å². The summed E-state index contributed by atoms with van der Waals surface area (Å²) in [6.07, 6.45) is 2.69. The average Bonchev–Trinajstić information content (AvgIpc) is 2.21. The van der Waals surface area contributed by atoms with Crippen molar-refractivity contribution >= 4 is 21.7 Å². The molecule has 0 aromatic heterocycles. The second-order valence-corrected chi connectivity index (χ2v) is 7.35. The molecule has 1 atom stereocenters. The third kappa shape index (κ3) is 4.29. The number of carbonyl (C=O) groups is 2. The Hall–Kier alpha value is -1.11. The predicted octanol–water partition coefficient (Wildman–Crippen LogP) is 0.569. The number of aliphatic carboxylic acids is 1. The van der Waals surface area contributed by atoms with Crippen molar-refractivity contribution in [3.8, 4) is 0 Å². The van der Waals surface area contributed by atoms with Crippen LogP contribution in [-0.2, 0) is 19.4 Å². The Morgan fingerprint density at radius 2 is 1.83 bits per heavy atom. The lowest BCUT2D eigenvalue weighted by Gasteiger charge is -2.24. The summed E-state index contributed by atoms with van der Waals surface area (Å²) in [4.78, 5) is 22.8. The molecule has 0 aliphatic heterocycles. The zero-order valence-corrected chi connectivity index (χ0v) is 12.0. The molecule has 0 spiro atoms. The van der Waals surface area contributed by atoms with Gasteiger partial charge >= 0.3 is 5.97 Å². The maximum Gasteiger partial charge on any atom is 0.326 e. The molecule has 2 N–H and O–H groups in total. The van der Waals surface area contributed by atoms with Gasteiger partial charge in [-0.3, -0.25) is 4.79 Å². The minimum atomic E-state index is -3.60. The average molecular weight is 279 g/mol. The zero-order valence-electron chi connectivity index (χ0n) is 11.2. The molecule has 7 heteroatoms. The van der Waals surface area contributed by atoms with Crippen LogP contribution in [0, 0.1) is 0 Å². The molecule has 0 saturated carbocycles. The van der Waals surface area contributed by atoms with E-state index in [0.717, 1.165) is 12.7 Å². The molecule has 1 amide bonds. The molecule has 6 nitrogen and oxygen atoms in total. The first-order valence-corrected chi connectivity index (χ1v) is 7.66. The van der Waals surface area contributed by atoms with E-state index in [0.29, 0.717) is 6.42 Å². The van der Waals surface area contributed by atoms with E-state index in [1.165, 1.54) is 13.8 Å². The van der Waals surface area contributed by atoms with E-state index in [-0.39, 0.29) is 6.42 Å². The van der Waals surface area contributed by atoms with Crippen molar-refractivity contribution in [2.45, 2.75) is 50.8 Å². The molecule has 0 rings (SSSR count). The van der Waals surface area contributed by atoms with Gasteiger partial charge in [-0.15, -0.1) is 0 Å². The summed E-state index contributed by atoms with van der Waals surface area (Å²) in [5.41, 5.74) is 0. The lowest BCUT2D eigenvalue weighted by Crippen LogP contribution is -2.52. The maximum atomic E-state index is 11.8. The van der Waals surface area contributed by atoms with Crippen molar-refractivity contribution < 1.29 is 23.1 Å². The highest BCUT2D eigenvalue weighted by Gasteiger charge is 2.39. The topological polar surface area (TPSA) is 101 Å². The Bertz CT molecular complexity index is 413. The fourth-order valence-corrected chi connectivity index (χ4v) is 1.56. The quantitative estimate of drug-likeness (QED) is 0.709. The highest BCUT2D eigenvalue weighted by molar-refractivity contribution is 7.92. The largest absolute Gasteiger partial charge is 0.480 e. The minimum Gasteiger partial charge on any atom is -0.480 e. The second-order valence-electron chi connectivity index (χ2n) is 4.79. The Morgan fingerprint density at radius 1 is 1.33 bits per heavy atom. The van der Waals surface area contributed by atoms with Crippen LogP contribution >= 0.6 is 0 Å². The molecular weight excluding hydrogens is 258 g/mol. The van der Waals surface area contributed by atoms with Gasteiger partial charge in [0.25, 0.3) is 0 Å². The van der Waals surface area contributed by atoms with Crippen LogP contribution < -0.4 is 5.32 Å². The van der Waals surface area contributed by atoms with E-state index < -0.39 is 32.5 Å². The molecule has 0 fully saturated rings. The first-order valence-electron chi connectivity index (χ1n) is 5.77. The van der Waals surface area contributed by atoms with Crippen LogP contribution in [-0.4, -0.2) is 42.4 Å². The van der Waals surface area contributed by atoms with Crippen LogP contribution in [0.25, 0.3) is 0 Å². The monoisotopic (exact) mass is 279 g/mol. The van der Waals surface area contributed by atoms with Gasteiger partial charge in [0.05, 0.1) is 0 Å². The van der Waals surface area contributed by atoms with Gasteiger partial charge in [-0.1, -0.05) is 19.8 Å². The molecule has 0 radical (unpaired) electrons. The second kappa shape index (κ2) is 6.17. The SMILES string of the molecule is CCCC[C@H](NC(=O)C(C)(C)S(C)(=O)=O)C(=O)O. The number of sulfone groups is 1. The summed E-state index contributed by atoms with van der Waals surface area (Å²) >= 11 is 0. The highest BCUT2D eigenvalue weighted by atomic mass is 32.2. The Labute approximate surface area is 108 Å². The number of amides is 1. The maximum absolute atomic E-state index is 11.8. The minimum absolute atomic E-state index is 0.289. The molecular formula is C11H21NO5S. The van der Waals surface area contributed by atoms with Gasteiger partial charge in [0.15, 0.2) is 9.84 Å². The first-order chi connectivity index (χ1) is 8.04. The van der Waals surface area contributed by atoms with Crippen molar-refractivity contribution in [3.05, 3.63) is 0 Å². The van der Waals surface area contributed by atoms with E-state index in [4.69, 9.17) is 5.11 Å². The van der Waals surface area contributed by atoms with Crippen molar-refractivity contribution in [3.63, 3.8) is 0 Å². The van der Waals surface area contributed by atoms with E-state index in [2.05, 4.69) is 5.32 Å². The summed E-state index contributed by atoms with van der Waals surface area (Å²) in [5.74, 6) is -1.94. The molecule has 18 heavy (non-hydrogen) atoms. The van der Waals surface area contributed by atoms with Crippen LogP contribution in [0.4, 0.5) is 0 Å². The number of carbonyl (C=O) groups excluding carboxylic acids is 1. The third-order valence-electron chi connectivity index (χ3n) is 2.92. The van der Waals surface area contributed by atoms with Gasteiger partial charge in [-0.05, 0) is 20.3 Å². The Balaban J connectivity index is 4.86. The molecule has 0 heterocycles. The summed E-state index contributed by atoms with van der Waals surface area (Å²) in [5, 5.41) is 11.2. The zero-order chi connectivity index (χ0) is 14.6. The highest BCUT2D eigenvalue weighted by Crippen LogP contribution is 2.16. The molecule has 0 aliphatic rings. The molecule has 0 aromatic carbocycles. The number of rotatable bonds is 7. The molecule has 0 aromatic rings.